The first kappa shape index (κ1) is 18.3. The molecule has 1 fully saturated rings. The van der Waals surface area contributed by atoms with E-state index in [1.807, 2.05) is 31.2 Å². The minimum atomic E-state index is -0.207. The molecule has 1 aliphatic heterocycles. The Kier molecular flexibility index (Phi) is 5.78. The number of amides is 2. The number of carbonyl (C=O) groups excluding carboxylic acids is 2. The van der Waals surface area contributed by atoms with Gasteiger partial charge in [-0.1, -0.05) is 48.9 Å². The second-order valence-electron chi connectivity index (χ2n) is 6.18. The van der Waals surface area contributed by atoms with E-state index in [0.29, 0.717) is 18.1 Å². The highest BCUT2D eigenvalue weighted by atomic mass is 32.2. The Balaban J connectivity index is 1.63. The van der Waals surface area contributed by atoms with Gasteiger partial charge in [0, 0.05) is 6.54 Å². The summed E-state index contributed by atoms with van der Waals surface area (Å²) in [4.78, 5) is 25.9. The van der Waals surface area contributed by atoms with Crippen molar-refractivity contribution >= 4 is 29.0 Å². The van der Waals surface area contributed by atoms with Crippen LogP contribution in [0.4, 0.5) is 4.79 Å². The lowest BCUT2D eigenvalue weighted by Crippen LogP contribution is -2.28. The van der Waals surface area contributed by atoms with Gasteiger partial charge in [0.2, 0.25) is 0 Å². The van der Waals surface area contributed by atoms with Gasteiger partial charge in [-0.2, -0.15) is 0 Å². The molecule has 0 unspecified atom stereocenters. The molecule has 0 bridgehead atoms. The maximum atomic E-state index is 12.3. The second-order valence-corrected chi connectivity index (χ2v) is 7.17. The molecule has 0 N–H and O–H groups in total. The molecule has 4 nitrogen and oxygen atoms in total. The monoisotopic (exact) mass is 367 g/mol. The molecule has 2 amide bonds. The summed E-state index contributed by atoms with van der Waals surface area (Å²) in [5.74, 6) is 0.559. The summed E-state index contributed by atoms with van der Waals surface area (Å²) in [6, 6.07) is 15.7. The van der Waals surface area contributed by atoms with Crippen molar-refractivity contribution < 1.29 is 14.3 Å². The number of carbonyl (C=O) groups is 2. The first-order valence-electron chi connectivity index (χ1n) is 8.60. The van der Waals surface area contributed by atoms with Gasteiger partial charge in [-0.3, -0.25) is 14.5 Å². The van der Waals surface area contributed by atoms with Crippen LogP contribution in [-0.2, 0) is 11.4 Å². The number of thioether (sulfide) groups is 1. The van der Waals surface area contributed by atoms with E-state index in [0.717, 1.165) is 35.1 Å². The Morgan fingerprint density at radius 3 is 2.38 bits per heavy atom. The average Bonchev–Trinajstić information content (AvgIpc) is 2.90. The maximum Gasteiger partial charge on any atom is 0.293 e. The van der Waals surface area contributed by atoms with Crippen molar-refractivity contribution in [3.05, 3.63) is 70.1 Å². The third kappa shape index (κ3) is 4.35. The number of imide groups is 1. The molecule has 0 atom stereocenters. The molecule has 26 heavy (non-hydrogen) atoms. The largest absolute Gasteiger partial charge is 0.489 e. The summed E-state index contributed by atoms with van der Waals surface area (Å²) < 4.78 is 5.79. The van der Waals surface area contributed by atoms with Crippen molar-refractivity contribution in [1.82, 2.24) is 4.90 Å². The molecular formula is C21H21NO3S. The molecular weight excluding hydrogens is 346 g/mol. The van der Waals surface area contributed by atoms with Crippen LogP contribution in [0.25, 0.3) is 6.08 Å². The summed E-state index contributed by atoms with van der Waals surface area (Å²) in [6.45, 7) is 4.98. The number of rotatable bonds is 6. The standard InChI is InChI=1S/C21H21NO3S/c1-3-12-22-20(23)19(26-21(22)24)13-16-8-10-18(11-9-16)25-14-17-6-4-15(2)5-7-17/h4-11,13H,3,12,14H2,1-2H3/b19-13+. The van der Waals surface area contributed by atoms with E-state index >= 15 is 0 Å². The second kappa shape index (κ2) is 8.23. The summed E-state index contributed by atoms with van der Waals surface area (Å²) in [7, 11) is 0. The first-order valence-corrected chi connectivity index (χ1v) is 9.42. The summed E-state index contributed by atoms with van der Waals surface area (Å²) in [6.07, 6.45) is 2.52. The number of hydrogen-bond donors (Lipinski definition) is 0. The van der Waals surface area contributed by atoms with E-state index in [-0.39, 0.29) is 11.1 Å². The Labute approximate surface area is 157 Å². The normalized spacial score (nSPS) is 15.8. The molecule has 1 heterocycles. The topological polar surface area (TPSA) is 46.6 Å². The molecule has 3 rings (SSSR count). The quantitative estimate of drug-likeness (QED) is 0.673. The number of ether oxygens (including phenoxy) is 1. The fourth-order valence-corrected chi connectivity index (χ4v) is 3.44. The smallest absolute Gasteiger partial charge is 0.293 e. The first-order chi connectivity index (χ1) is 12.6. The lowest BCUT2D eigenvalue weighted by atomic mass is 10.1. The van der Waals surface area contributed by atoms with Gasteiger partial charge < -0.3 is 4.74 Å². The molecule has 1 aliphatic rings. The van der Waals surface area contributed by atoms with Gasteiger partial charge in [0.15, 0.2) is 0 Å². The van der Waals surface area contributed by atoms with Gasteiger partial charge in [-0.25, -0.2) is 0 Å². The fourth-order valence-electron chi connectivity index (χ4n) is 2.58. The molecule has 134 valence electrons. The number of nitrogens with zero attached hydrogens (tertiary/aromatic N) is 1. The van der Waals surface area contributed by atoms with E-state index in [4.69, 9.17) is 4.74 Å². The van der Waals surface area contributed by atoms with Crippen LogP contribution in [0.3, 0.4) is 0 Å². The predicted octanol–water partition coefficient (Wildman–Crippen LogP) is 5.02. The summed E-state index contributed by atoms with van der Waals surface area (Å²) in [5.41, 5.74) is 3.21. The van der Waals surface area contributed by atoms with Crippen LogP contribution in [0.5, 0.6) is 5.75 Å². The molecule has 0 aromatic heterocycles. The van der Waals surface area contributed by atoms with E-state index in [9.17, 15) is 9.59 Å². The predicted molar refractivity (Wildman–Crippen MR) is 105 cm³/mol. The molecule has 0 radical (unpaired) electrons. The van der Waals surface area contributed by atoms with Crippen molar-refractivity contribution in [2.45, 2.75) is 26.9 Å². The Bertz CT molecular complexity index is 825. The third-order valence-corrected chi connectivity index (χ3v) is 4.93. The highest BCUT2D eigenvalue weighted by molar-refractivity contribution is 8.18. The molecule has 1 saturated heterocycles. The molecule has 0 aliphatic carbocycles. The van der Waals surface area contributed by atoms with Crippen LogP contribution in [0, 0.1) is 6.92 Å². The zero-order chi connectivity index (χ0) is 18.5. The van der Waals surface area contributed by atoms with Gasteiger partial charge in [0.05, 0.1) is 4.91 Å². The van der Waals surface area contributed by atoms with Crippen LogP contribution >= 0.6 is 11.8 Å². The van der Waals surface area contributed by atoms with Crippen molar-refractivity contribution in [2.24, 2.45) is 0 Å². The number of aryl methyl sites for hydroxylation is 1. The van der Waals surface area contributed by atoms with E-state index < -0.39 is 0 Å². The van der Waals surface area contributed by atoms with Gasteiger partial charge in [0.1, 0.15) is 12.4 Å². The highest BCUT2D eigenvalue weighted by Gasteiger charge is 2.34. The molecule has 0 spiro atoms. The molecule has 0 saturated carbocycles. The highest BCUT2D eigenvalue weighted by Crippen LogP contribution is 2.32. The van der Waals surface area contributed by atoms with Crippen LogP contribution in [-0.4, -0.2) is 22.6 Å². The summed E-state index contributed by atoms with van der Waals surface area (Å²) >= 11 is 0.997. The Morgan fingerprint density at radius 2 is 1.73 bits per heavy atom. The Hall–Kier alpha value is -2.53. The van der Waals surface area contributed by atoms with Crippen LogP contribution in [0.15, 0.2) is 53.4 Å². The van der Waals surface area contributed by atoms with E-state index in [1.165, 1.54) is 10.5 Å². The number of benzene rings is 2. The van der Waals surface area contributed by atoms with Crippen LogP contribution in [0.1, 0.15) is 30.0 Å². The zero-order valence-corrected chi connectivity index (χ0v) is 15.7. The van der Waals surface area contributed by atoms with Gasteiger partial charge in [-0.05, 0) is 54.4 Å². The zero-order valence-electron chi connectivity index (χ0n) is 14.9. The lowest BCUT2D eigenvalue weighted by Gasteiger charge is -2.09. The van der Waals surface area contributed by atoms with Crippen molar-refractivity contribution in [2.75, 3.05) is 6.54 Å². The molecule has 5 heteroatoms. The average molecular weight is 367 g/mol. The minimum Gasteiger partial charge on any atom is -0.489 e. The maximum absolute atomic E-state index is 12.3. The lowest BCUT2D eigenvalue weighted by molar-refractivity contribution is -0.122. The molecule has 2 aromatic carbocycles. The number of hydrogen-bond acceptors (Lipinski definition) is 4. The molecule has 2 aromatic rings. The van der Waals surface area contributed by atoms with Crippen LogP contribution in [0.2, 0.25) is 0 Å². The SMILES string of the molecule is CCCN1C(=O)S/C(=C/c2ccc(OCc3ccc(C)cc3)cc2)C1=O. The van der Waals surface area contributed by atoms with E-state index in [2.05, 4.69) is 31.2 Å². The third-order valence-electron chi connectivity index (χ3n) is 4.02. The van der Waals surface area contributed by atoms with Gasteiger partial charge in [-0.15, -0.1) is 0 Å². The van der Waals surface area contributed by atoms with Crippen LogP contribution < -0.4 is 4.74 Å². The van der Waals surface area contributed by atoms with Crippen molar-refractivity contribution in [3.63, 3.8) is 0 Å². The fraction of sp³-hybridized carbons (Fsp3) is 0.238. The minimum absolute atomic E-state index is 0.193. The van der Waals surface area contributed by atoms with Gasteiger partial charge in [0.25, 0.3) is 11.1 Å². The van der Waals surface area contributed by atoms with E-state index in [1.54, 1.807) is 6.08 Å². The van der Waals surface area contributed by atoms with Crippen molar-refractivity contribution in [1.29, 1.82) is 0 Å². The van der Waals surface area contributed by atoms with Crippen molar-refractivity contribution in [3.8, 4) is 5.75 Å². The van der Waals surface area contributed by atoms with Gasteiger partial charge >= 0.3 is 0 Å². The Morgan fingerprint density at radius 1 is 1.04 bits per heavy atom. The summed E-state index contributed by atoms with van der Waals surface area (Å²) in [5, 5.41) is -0.193.